The van der Waals surface area contributed by atoms with Crippen LogP contribution in [0.1, 0.15) is 25.5 Å². The zero-order valence-corrected chi connectivity index (χ0v) is 10.9. The van der Waals surface area contributed by atoms with E-state index in [2.05, 4.69) is 10.3 Å². The summed E-state index contributed by atoms with van der Waals surface area (Å²) in [5.41, 5.74) is 0.676. The van der Waals surface area contributed by atoms with E-state index in [0.29, 0.717) is 11.5 Å². The average molecular weight is 273 g/mol. The smallest absolute Gasteiger partial charge is 0.370 e. The molecule has 0 spiro atoms. The van der Waals surface area contributed by atoms with Crippen LogP contribution in [0.25, 0.3) is 0 Å². The maximum absolute atomic E-state index is 12.5. The lowest BCUT2D eigenvalue weighted by molar-refractivity contribution is -0.148. The number of alkyl halides is 3. The monoisotopic (exact) mass is 273 g/mol. The van der Waals surface area contributed by atoms with Gasteiger partial charge in [-0.05, 0) is 31.9 Å². The van der Waals surface area contributed by atoms with Crippen LogP contribution in [-0.4, -0.2) is 35.2 Å². The number of hydrogen-bond donors (Lipinski definition) is 1. The van der Waals surface area contributed by atoms with Crippen molar-refractivity contribution in [3.05, 3.63) is 23.9 Å². The number of halogens is 3. The summed E-state index contributed by atoms with van der Waals surface area (Å²) in [6.45, 7) is 2.09. The Labute approximate surface area is 110 Å². The second-order valence-corrected chi connectivity index (χ2v) is 4.80. The molecule has 0 saturated heterocycles. The van der Waals surface area contributed by atoms with Crippen LogP contribution < -0.4 is 5.32 Å². The summed E-state index contributed by atoms with van der Waals surface area (Å²) in [5.74, 6) is 0.711. The summed E-state index contributed by atoms with van der Waals surface area (Å²) < 4.78 is 37.6. The van der Waals surface area contributed by atoms with Gasteiger partial charge in [0.1, 0.15) is 5.82 Å². The van der Waals surface area contributed by atoms with Crippen LogP contribution in [0.2, 0.25) is 0 Å². The van der Waals surface area contributed by atoms with Crippen LogP contribution in [0.3, 0.4) is 0 Å². The van der Waals surface area contributed by atoms with Gasteiger partial charge in [0, 0.05) is 19.1 Å². The summed E-state index contributed by atoms with van der Waals surface area (Å²) >= 11 is 0. The average Bonchev–Trinajstić information content (AvgIpc) is 3.11. The van der Waals surface area contributed by atoms with Crippen molar-refractivity contribution in [1.82, 2.24) is 9.88 Å². The van der Waals surface area contributed by atoms with Gasteiger partial charge in [0.05, 0.1) is 12.2 Å². The molecule has 1 aromatic heterocycles. The molecule has 1 N–H and O–H groups in total. The molecule has 1 fully saturated rings. The standard InChI is InChI=1S/C13H18F3N3/c1-2-17-12-5-3-4-10(18-12)8-19(11-6-7-11)9-13(14,15)16/h3-5,11H,2,6-9H2,1H3,(H,17,18). The number of hydrogen-bond acceptors (Lipinski definition) is 3. The molecule has 0 amide bonds. The van der Waals surface area contributed by atoms with Crippen LogP contribution in [0.4, 0.5) is 19.0 Å². The first kappa shape index (κ1) is 14.1. The summed E-state index contributed by atoms with van der Waals surface area (Å²) in [7, 11) is 0. The third kappa shape index (κ3) is 4.70. The number of aromatic nitrogens is 1. The quantitative estimate of drug-likeness (QED) is 0.863. The molecule has 1 saturated carbocycles. The lowest BCUT2D eigenvalue weighted by Gasteiger charge is -2.23. The molecule has 1 aliphatic rings. The van der Waals surface area contributed by atoms with E-state index in [9.17, 15) is 13.2 Å². The largest absolute Gasteiger partial charge is 0.401 e. The van der Waals surface area contributed by atoms with Gasteiger partial charge in [0.25, 0.3) is 0 Å². The first-order valence-corrected chi connectivity index (χ1v) is 6.48. The predicted molar refractivity (Wildman–Crippen MR) is 67.9 cm³/mol. The number of nitrogens with zero attached hydrogens (tertiary/aromatic N) is 2. The normalized spacial score (nSPS) is 15.8. The van der Waals surface area contributed by atoms with Gasteiger partial charge in [0.15, 0.2) is 0 Å². The molecule has 0 aromatic carbocycles. The molecule has 0 unspecified atom stereocenters. The Morgan fingerprint density at radius 1 is 1.37 bits per heavy atom. The SMILES string of the molecule is CCNc1cccc(CN(CC(F)(F)F)C2CC2)n1. The minimum atomic E-state index is -4.15. The van der Waals surface area contributed by atoms with Crippen molar-refractivity contribution < 1.29 is 13.2 Å². The van der Waals surface area contributed by atoms with E-state index in [4.69, 9.17) is 0 Å². The zero-order valence-electron chi connectivity index (χ0n) is 10.9. The molecule has 2 rings (SSSR count). The van der Waals surface area contributed by atoms with Gasteiger partial charge in [-0.1, -0.05) is 6.07 Å². The highest BCUT2D eigenvalue weighted by atomic mass is 19.4. The first-order chi connectivity index (χ1) is 8.98. The highest BCUT2D eigenvalue weighted by Crippen LogP contribution is 2.31. The Morgan fingerprint density at radius 2 is 2.11 bits per heavy atom. The van der Waals surface area contributed by atoms with Gasteiger partial charge in [-0.15, -0.1) is 0 Å². The highest BCUT2D eigenvalue weighted by Gasteiger charge is 2.38. The summed E-state index contributed by atoms with van der Waals surface area (Å²) in [6.07, 6.45) is -2.45. The molecule has 0 radical (unpaired) electrons. The van der Waals surface area contributed by atoms with Crippen molar-refractivity contribution in [3.63, 3.8) is 0 Å². The van der Waals surface area contributed by atoms with Crippen molar-refractivity contribution in [3.8, 4) is 0 Å². The number of nitrogens with one attached hydrogen (secondary N) is 1. The Morgan fingerprint density at radius 3 is 2.68 bits per heavy atom. The summed E-state index contributed by atoms with van der Waals surface area (Å²) in [6, 6.07) is 5.47. The van der Waals surface area contributed by atoms with Crippen LogP contribution in [0.5, 0.6) is 0 Å². The van der Waals surface area contributed by atoms with Gasteiger partial charge < -0.3 is 5.32 Å². The fraction of sp³-hybridized carbons (Fsp3) is 0.615. The predicted octanol–water partition coefficient (Wildman–Crippen LogP) is 3.04. The molecule has 106 valence electrons. The molecule has 0 aliphatic heterocycles. The lowest BCUT2D eigenvalue weighted by Crippen LogP contribution is -2.35. The molecule has 1 aromatic rings. The molecule has 1 aliphatic carbocycles. The molecular formula is C13H18F3N3. The van der Waals surface area contributed by atoms with E-state index in [1.807, 2.05) is 19.1 Å². The topological polar surface area (TPSA) is 28.2 Å². The third-order valence-corrected chi connectivity index (χ3v) is 2.98. The first-order valence-electron chi connectivity index (χ1n) is 6.48. The van der Waals surface area contributed by atoms with Crippen molar-refractivity contribution in [2.75, 3.05) is 18.4 Å². The maximum atomic E-state index is 12.5. The van der Waals surface area contributed by atoms with Gasteiger partial charge in [0.2, 0.25) is 0 Å². The fourth-order valence-corrected chi connectivity index (χ4v) is 2.04. The van der Waals surface area contributed by atoms with Gasteiger partial charge >= 0.3 is 6.18 Å². The van der Waals surface area contributed by atoms with Crippen molar-refractivity contribution >= 4 is 5.82 Å². The molecule has 0 bridgehead atoms. The molecular weight excluding hydrogens is 255 g/mol. The second kappa shape index (κ2) is 5.77. The molecule has 1 heterocycles. The minimum Gasteiger partial charge on any atom is -0.370 e. The van der Waals surface area contributed by atoms with E-state index in [1.165, 1.54) is 4.90 Å². The molecule has 0 atom stereocenters. The van der Waals surface area contributed by atoms with E-state index < -0.39 is 12.7 Å². The molecule has 19 heavy (non-hydrogen) atoms. The highest BCUT2D eigenvalue weighted by molar-refractivity contribution is 5.35. The van der Waals surface area contributed by atoms with Crippen molar-refractivity contribution in [2.45, 2.75) is 38.5 Å². The minimum absolute atomic E-state index is 0.0613. The van der Waals surface area contributed by atoms with Crippen LogP contribution >= 0.6 is 0 Å². The Hall–Kier alpha value is -1.30. The number of anilines is 1. The van der Waals surface area contributed by atoms with E-state index in [1.54, 1.807) is 6.07 Å². The Balaban J connectivity index is 2.02. The van der Waals surface area contributed by atoms with E-state index in [0.717, 1.165) is 19.4 Å². The van der Waals surface area contributed by atoms with Crippen LogP contribution in [0, 0.1) is 0 Å². The van der Waals surface area contributed by atoms with Gasteiger partial charge in [-0.3, -0.25) is 4.90 Å². The lowest BCUT2D eigenvalue weighted by atomic mass is 10.3. The molecule has 6 heteroatoms. The van der Waals surface area contributed by atoms with Crippen molar-refractivity contribution in [1.29, 1.82) is 0 Å². The maximum Gasteiger partial charge on any atom is 0.401 e. The summed E-state index contributed by atoms with van der Waals surface area (Å²) in [5, 5.41) is 3.06. The van der Waals surface area contributed by atoms with E-state index in [-0.39, 0.29) is 12.6 Å². The van der Waals surface area contributed by atoms with Crippen LogP contribution in [0.15, 0.2) is 18.2 Å². The van der Waals surface area contributed by atoms with Crippen molar-refractivity contribution in [2.24, 2.45) is 0 Å². The zero-order chi connectivity index (χ0) is 13.9. The second-order valence-electron chi connectivity index (χ2n) is 4.80. The number of pyridine rings is 1. The third-order valence-electron chi connectivity index (χ3n) is 2.98. The molecule has 3 nitrogen and oxygen atoms in total. The summed E-state index contributed by atoms with van der Waals surface area (Å²) in [4.78, 5) is 5.79. The van der Waals surface area contributed by atoms with E-state index >= 15 is 0 Å². The Bertz CT molecular complexity index is 416. The van der Waals surface area contributed by atoms with Gasteiger partial charge in [-0.2, -0.15) is 13.2 Å². The van der Waals surface area contributed by atoms with Crippen LogP contribution in [-0.2, 0) is 6.54 Å². The fourth-order valence-electron chi connectivity index (χ4n) is 2.04. The van der Waals surface area contributed by atoms with Gasteiger partial charge in [-0.25, -0.2) is 4.98 Å². The number of rotatable bonds is 6. The Kier molecular flexibility index (Phi) is 4.29.